The number of carbonyl (C=O) groups is 1. The fourth-order valence-electron chi connectivity index (χ4n) is 4.70. The predicted molar refractivity (Wildman–Crippen MR) is 121 cm³/mol. The number of aromatic nitrogens is 1. The normalized spacial score (nSPS) is 17.6. The molecule has 0 atom stereocenters. The number of nitrogens with one attached hydrogen (secondary N) is 1. The molecule has 1 saturated heterocycles. The van der Waals surface area contributed by atoms with Gasteiger partial charge in [0.15, 0.2) is 5.58 Å². The van der Waals surface area contributed by atoms with E-state index in [1.54, 1.807) is 30.2 Å². The number of amides is 2. The van der Waals surface area contributed by atoms with Crippen LogP contribution in [0, 0.1) is 0 Å². The van der Waals surface area contributed by atoms with Gasteiger partial charge in [-0.3, -0.25) is 9.62 Å². The molecule has 2 amide bonds. The number of carbonyl (C=O) groups excluding carboxylic acids is 1. The molecule has 9 nitrogen and oxygen atoms in total. The van der Waals surface area contributed by atoms with Crippen LogP contribution in [-0.2, 0) is 15.4 Å². The van der Waals surface area contributed by atoms with Gasteiger partial charge in [0.05, 0.1) is 19.1 Å². The van der Waals surface area contributed by atoms with E-state index in [2.05, 4.69) is 10.3 Å². The number of likely N-dealkylation sites (tertiary alicyclic amines) is 1. The smallest absolute Gasteiger partial charge is 0.325 e. The van der Waals surface area contributed by atoms with Crippen molar-refractivity contribution < 1.29 is 22.4 Å². The molecule has 2 aliphatic rings. The summed E-state index contributed by atoms with van der Waals surface area (Å²) in [5.41, 5.74) is 2.65. The Labute approximate surface area is 186 Å². The number of methoxy groups -OCH3 is 1. The van der Waals surface area contributed by atoms with Gasteiger partial charge < -0.3 is 14.1 Å². The molecule has 0 aliphatic carbocycles. The van der Waals surface area contributed by atoms with Crippen molar-refractivity contribution in [2.45, 2.75) is 18.3 Å². The molecule has 5 rings (SSSR count). The van der Waals surface area contributed by atoms with Crippen LogP contribution in [-0.4, -0.2) is 57.3 Å². The number of urea groups is 1. The second kappa shape index (κ2) is 7.40. The van der Waals surface area contributed by atoms with Gasteiger partial charge in [-0.1, -0.05) is 18.2 Å². The van der Waals surface area contributed by atoms with Crippen molar-refractivity contribution in [3.05, 3.63) is 48.0 Å². The van der Waals surface area contributed by atoms with E-state index in [9.17, 15) is 13.2 Å². The fourth-order valence-corrected chi connectivity index (χ4v) is 5.70. The largest absolute Gasteiger partial charge is 0.497 e. The molecule has 0 radical (unpaired) electrons. The number of piperidine rings is 1. The van der Waals surface area contributed by atoms with Gasteiger partial charge in [0.25, 0.3) is 0 Å². The molecule has 2 aromatic carbocycles. The molecule has 0 bridgehead atoms. The van der Waals surface area contributed by atoms with E-state index < -0.39 is 10.0 Å². The quantitative estimate of drug-likeness (QED) is 0.649. The first-order valence-corrected chi connectivity index (χ1v) is 12.2. The third-order valence-electron chi connectivity index (χ3n) is 6.41. The molecule has 0 saturated carbocycles. The highest BCUT2D eigenvalue weighted by Gasteiger charge is 2.47. The summed E-state index contributed by atoms with van der Waals surface area (Å²) in [6, 6.07) is 12.7. The van der Waals surface area contributed by atoms with E-state index in [-0.39, 0.29) is 17.5 Å². The SMILES string of the molecule is COc1ccc2oc(NC(=O)N3CCC4(CC3)CN(S(C)(=O)=O)c3ccccc34)nc2c1. The van der Waals surface area contributed by atoms with Crippen molar-refractivity contribution in [1.29, 1.82) is 0 Å². The van der Waals surface area contributed by atoms with Crippen molar-refractivity contribution in [3.63, 3.8) is 0 Å². The molecule has 1 fully saturated rings. The number of hydrogen-bond donors (Lipinski definition) is 1. The van der Waals surface area contributed by atoms with E-state index in [4.69, 9.17) is 9.15 Å². The van der Waals surface area contributed by atoms with Crippen LogP contribution in [0.3, 0.4) is 0 Å². The van der Waals surface area contributed by atoms with Crippen LogP contribution < -0.4 is 14.4 Å². The number of sulfonamides is 1. The molecule has 1 aromatic heterocycles. The van der Waals surface area contributed by atoms with Gasteiger partial charge >= 0.3 is 12.0 Å². The second-order valence-electron chi connectivity index (χ2n) is 8.34. The fraction of sp³-hybridized carbons (Fsp3) is 0.364. The molecule has 3 heterocycles. The van der Waals surface area contributed by atoms with Crippen molar-refractivity contribution in [2.75, 3.05) is 42.6 Å². The second-order valence-corrected chi connectivity index (χ2v) is 10.2. The number of benzene rings is 2. The zero-order valence-electron chi connectivity index (χ0n) is 17.9. The van der Waals surface area contributed by atoms with Gasteiger partial charge in [-0.05, 0) is 36.6 Å². The van der Waals surface area contributed by atoms with Gasteiger partial charge in [-0.15, -0.1) is 0 Å². The number of oxazole rings is 1. The number of para-hydroxylation sites is 1. The van der Waals surface area contributed by atoms with Crippen LogP contribution in [0.2, 0.25) is 0 Å². The summed E-state index contributed by atoms with van der Waals surface area (Å²) >= 11 is 0. The summed E-state index contributed by atoms with van der Waals surface area (Å²) in [6.07, 6.45) is 2.59. The molecule has 1 spiro atoms. The summed E-state index contributed by atoms with van der Waals surface area (Å²) in [6.45, 7) is 1.42. The zero-order valence-corrected chi connectivity index (χ0v) is 18.7. The van der Waals surface area contributed by atoms with Crippen molar-refractivity contribution in [3.8, 4) is 5.75 Å². The molecule has 10 heteroatoms. The summed E-state index contributed by atoms with van der Waals surface area (Å²) in [7, 11) is -1.79. The average molecular weight is 457 g/mol. The van der Waals surface area contributed by atoms with Crippen LogP contribution >= 0.6 is 0 Å². The average Bonchev–Trinajstić information content (AvgIpc) is 3.32. The molecule has 2 aliphatic heterocycles. The number of anilines is 2. The van der Waals surface area contributed by atoms with E-state index in [1.807, 2.05) is 24.3 Å². The lowest BCUT2D eigenvalue weighted by Crippen LogP contribution is -2.48. The Morgan fingerprint density at radius 2 is 1.94 bits per heavy atom. The minimum absolute atomic E-state index is 0.132. The lowest BCUT2D eigenvalue weighted by molar-refractivity contribution is 0.173. The number of hydrogen-bond acceptors (Lipinski definition) is 6. The highest BCUT2D eigenvalue weighted by atomic mass is 32.2. The maximum atomic E-state index is 12.8. The maximum Gasteiger partial charge on any atom is 0.325 e. The molecule has 32 heavy (non-hydrogen) atoms. The lowest BCUT2D eigenvalue weighted by Gasteiger charge is -2.39. The van der Waals surface area contributed by atoms with Gasteiger partial charge in [-0.25, -0.2) is 13.2 Å². The van der Waals surface area contributed by atoms with Gasteiger partial charge in [0.2, 0.25) is 10.0 Å². The molecule has 1 N–H and O–H groups in total. The summed E-state index contributed by atoms with van der Waals surface area (Å²) in [5.74, 6) is 0.657. The molecular weight excluding hydrogens is 432 g/mol. The Balaban J connectivity index is 1.30. The first-order valence-electron chi connectivity index (χ1n) is 10.4. The van der Waals surface area contributed by atoms with Crippen LogP contribution in [0.4, 0.5) is 16.5 Å². The minimum Gasteiger partial charge on any atom is -0.497 e. The summed E-state index contributed by atoms with van der Waals surface area (Å²) in [5, 5.41) is 2.73. The summed E-state index contributed by atoms with van der Waals surface area (Å²) < 4.78 is 37.0. The zero-order chi connectivity index (χ0) is 22.5. The number of fused-ring (bicyclic) bond motifs is 3. The number of nitrogens with zero attached hydrogens (tertiary/aromatic N) is 3. The highest BCUT2D eigenvalue weighted by Crippen LogP contribution is 2.47. The summed E-state index contributed by atoms with van der Waals surface area (Å²) in [4.78, 5) is 18.9. The van der Waals surface area contributed by atoms with E-state index in [0.29, 0.717) is 49.3 Å². The van der Waals surface area contributed by atoms with Crippen LogP contribution in [0.5, 0.6) is 5.75 Å². The third-order valence-corrected chi connectivity index (χ3v) is 7.53. The molecule has 0 unspecified atom stereocenters. The third kappa shape index (κ3) is 3.44. The Morgan fingerprint density at radius 1 is 1.19 bits per heavy atom. The number of ether oxygens (including phenoxy) is 1. The highest BCUT2D eigenvalue weighted by molar-refractivity contribution is 7.92. The van der Waals surface area contributed by atoms with Crippen molar-refractivity contribution in [1.82, 2.24) is 9.88 Å². The van der Waals surface area contributed by atoms with Gasteiger partial charge in [-0.2, -0.15) is 4.98 Å². The maximum absolute atomic E-state index is 12.8. The lowest BCUT2D eigenvalue weighted by atomic mass is 9.74. The Kier molecular flexibility index (Phi) is 4.77. The molecule has 168 valence electrons. The minimum atomic E-state index is -3.37. The van der Waals surface area contributed by atoms with Gasteiger partial charge in [0.1, 0.15) is 11.3 Å². The standard InChI is InChI=1S/C22H24N4O5S/c1-30-15-7-8-19-17(13-15)23-20(31-19)24-21(27)25-11-9-22(10-12-25)14-26(32(2,28)29)18-6-4-3-5-16(18)22/h3-8,13H,9-12,14H2,1-2H3,(H,23,24,27). The number of rotatable bonds is 3. The van der Waals surface area contributed by atoms with Crippen molar-refractivity contribution >= 4 is 38.9 Å². The van der Waals surface area contributed by atoms with E-state index in [1.165, 1.54) is 10.6 Å². The first kappa shape index (κ1) is 20.6. The van der Waals surface area contributed by atoms with Crippen LogP contribution in [0.1, 0.15) is 18.4 Å². The van der Waals surface area contributed by atoms with Crippen LogP contribution in [0.25, 0.3) is 11.1 Å². The first-order chi connectivity index (χ1) is 15.3. The Hall–Kier alpha value is -3.27. The topological polar surface area (TPSA) is 105 Å². The van der Waals surface area contributed by atoms with Crippen molar-refractivity contribution in [2.24, 2.45) is 0 Å². The molecular formula is C22H24N4O5S. The van der Waals surface area contributed by atoms with E-state index in [0.717, 1.165) is 11.3 Å². The van der Waals surface area contributed by atoms with E-state index >= 15 is 0 Å². The predicted octanol–water partition coefficient (Wildman–Crippen LogP) is 3.18. The monoisotopic (exact) mass is 456 g/mol. The van der Waals surface area contributed by atoms with Gasteiger partial charge in [0, 0.05) is 31.1 Å². The van der Waals surface area contributed by atoms with Crippen LogP contribution in [0.15, 0.2) is 46.9 Å². The Bertz CT molecular complexity index is 1290. The Morgan fingerprint density at radius 3 is 2.66 bits per heavy atom. The molecule has 3 aromatic rings.